The Balaban J connectivity index is 1.99. The lowest BCUT2D eigenvalue weighted by atomic mass is 9.94. The van der Waals surface area contributed by atoms with Gasteiger partial charge in [0.2, 0.25) is 0 Å². The van der Waals surface area contributed by atoms with Crippen molar-refractivity contribution in [2.24, 2.45) is 5.92 Å². The van der Waals surface area contributed by atoms with Crippen LogP contribution in [0.25, 0.3) is 0 Å². The second kappa shape index (κ2) is 5.81. The summed E-state index contributed by atoms with van der Waals surface area (Å²) in [7, 11) is 0. The fraction of sp³-hybridized carbons (Fsp3) is 0.400. The quantitative estimate of drug-likeness (QED) is 0.929. The van der Waals surface area contributed by atoms with E-state index in [1.807, 2.05) is 6.92 Å². The van der Waals surface area contributed by atoms with Gasteiger partial charge in [0.25, 0.3) is 0 Å². The van der Waals surface area contributed by atoms with Crippen molar-refractivity contribution in [3.63, 3.8) is 0 Å². The van der Waals surface area contributed by atoms with Crippen LogP contribution < -0.4 is 5.69 Å². The van der Waals surface area contributed by atoms with Crippen LogP contribution in [0.15, 0.2) is 23.0 Å². The molecular formula is C15H15ClFN3O3. The van der Waals surface area contributed by atoms with Gasteiger partial charge >= 0.3 is 11.7 Å². The number of hydrogen-bond donors (Lipinski definition) is 1. The van der Waals surface area contributed by atoms with Crippen LogP contribution in [0.5, 0.6) is 0 Å². The third-order valence-electron chi connectivity index (χ3n) is 4.01. The van der Waals surface area contributed by atoms with E-state index >= 15 is 0 Å². The van der Waals surface area contributed by atoms with Gasteiger partial charge < -0.3 is 5.11 Å². The van der Waals surface area contributed by atoms with Crippen LogP contribution in [0.2, 0.25) is 5.02 Å². The van der Waals surface area contributed by atoms with Gasteiger partial charge in [0, 0.05) is 6.42 Å². The first kappa shape index (κ1) is 15.7. The molecule has 0 saturated carbocycles. The SMILES string of the molecule is CC1Cc2nn(Cc3ccc(F)c(Cl)c3)c(=O)n2C(C(=O)O)C1. The van der Waals surface area contributed by atoms with E-state index in [9.17, 15) is 19.1 Å². The van der Waals surface area contributed by atoms with Gasteiger partial charge in [0.05, 0.1) is 11.6 Å². The van der Waals surface area contributed by atoms with Gasteiger partial charge in [-0.2, -0.15) is 5.10 Å². The Hall–Kier alpha value is -2.15. The van der Waals surface area contributed by atoms with Crippen LogP contribution in [0.1, 0.15) is 30.8 Å². The number of benzene rings is 1. The maximum atomic E-state index is 13.2. The van der Waals surface area contributed by atoms with Gasteiger partial charge in [-0.15, -0.1) is 0 Å². The average molecular weight is 340 g/mol. The summed E-state index contributed by atoms with van der Waals surface area (Å²) in [4.78, 5) is 23.9. The van der Waals surface area contributed by atoms with Crippen LogP contribution in [-0.4, -0.2) is 25.4 Å². The van der Waals surface area contributed by atoms with Crippen molar-refractivity contribution in [2.75, 3.05) is 0 Å². The van der Waals surface area contributed by atoms with Crippen LogP contribution >= 0.6 is 11.6 Å². The number of rotatable bonds is 3. The van der Waals surface area contributed by atoms with E-state index in [1.165, 1.54) is 27.4 Å². The number of aromatic nitrogens is 3. The van der Waals surface area contributed by atoms with Gasteiger partial charge in [0.15, 0.2) is 0 Å². The monoisotopic (exact) mass is 339 g/mol. The molecule has 1 N–H and O–H groups in total. The number of fused-ring (bicyclic) bond motifs is 1. The van der Waals surface area contributed by atoms with Gasteiger partial charge in [-0.05, 0) is 30.0 Å². The molecule has 8 heteroatoms. The highest BCUT2D eigenvalue weighted by atomic mass is 35.5. The highest BCUT2D eigenvalue weighted by molar-refractivity contribution is 6.30. The van der Waals surface area contributed by atoms with E-state index in [2.05, 4.69) is 5.10 Å². The standard InChI is InChI=1S/C15H15ClFN3O3/c1-8-4-12(14(21)22)20-13(5-8)18-19(15(20)23)7-9-2-3-11(17)10(16)6-9/h2-3,6,8,12H,4-5,7H2,1H3,(H,21,22). The summed E-state index contributed by atoms with van der Waals surface area (Å²) < 4.78 is 15.6. The van der Waals surface area contributed by atoms with E-state index in [0.717, 1.165) is 0 Å². The largest absolute Gasteiger partial charge is 0.480 e. The van der Waals surface area contributed by atoms with Crippen LogP contribution in [0.3, 0.4) is 0 Å². The molecule has 0 bridgehead atoms. The smallest absolute Gasteiger partial charge is 0.347 e. The lowest BCUT2D eigenvalue weighted by molar-refractivity contribution is -0.142. The number of nitrogens with zero attached hydrogens (tertiary/aromatic N) is 3. The molecule has 2 atom stereocenters. The summed E-state index contributed by atoms with van der Waals surface area (Å²) in [5, 5.41) is 13.6. The molecule has 0 fully saturated rings. The number of carboxylic acids is 1. The molecule has 2 heterocycles. The van der Waals surface area contributed by atoms with Gasteiger partial charge in [-0.1, -0.05) is 24.6 Å². The molecule has 0 amide bonds. The first-order chi connectivity index (χ1) is 10.9. The molecule has 3 rings (SSSR count). The summed E-state index contributed by atoms with van der Waals surface area (Å²) in [6.45, 7) is 2.04. The summed E-state index contributed by atoms with van der Waals surface area (Å²) in [5.74, 6) is -0.968. The lowest BCUT2D eigenvalue weighted by Gasteiger charge is -2.24. The van der Waals surface area contributed by atoms with Gasteiger partial charge in [-0.25, -0.2) is 18.7 Å². The summed E-state index contributed by atoms with van der Waals surface area (Å²) in [6.07, 6.45) is 0.951. The molecule has 23 heavy (non-hydrogen) atoms. The molecule has 122 valence electrons. The van der Waals surface area contributed by atoms with Gasteiger partial charge in [-0.3, -0.25) is 4.57 Å². The van der Waals surface area contributed by atoms with Crippen LogP contribution in [-0.2, 0) is 17.8 Å². The summed E-state index contributed by atoms with van der Waals surface area (Å²) >= 11 is 5.74. The molecule has 1 aliphatic heterocycles. The summed E-state index contributed by atoms with van der Waals surface area (Å²) in [5.41, 5.74) is 0.147. The Morgan fingerprint density at radius 3 is 2.91 bits per heavy atom. The molecule has 0 radical (unpaired) electrons. The molecule has 0 saturated heterocycles. The van der Waals surface area contributed by atoms with Crippen LogP contribution in [0.4, 0.5) is 4.39 Å². The minimum atomic E-state index is -1.04. The lowest BCUT2D eigenvalue weighted by Crippen LogP contribution is -2.36. The Bertz CT molecular complexity index is 830. The zero-order valence-electron chi connectivity index (χ0n) is 12.4. The first-order valence-electron chi connectivity index (χ1n) is 7.21. The van der Waals surface area contributed by atoms with Gasteiger partial charge in [0.1, 0.15) is 17.7 Å². The molecule has 2 aromatic rings. The predicted molar refractivity (Wildman–Crippen MR) is 81.2 cm³/mol. The van der Waals surface area contributed by atoms with Crippen molar-refractivity contribution < 1.29 is 14.3 Å². The number of hydrogen-bond acceptors (Lipinski definition) is 3. The summed E-state index contributed by atoms with van der Waals surface area (Å²) in [6, 6.07) is 3.27. The highest BCUT2D eigenvalue weighted by Crippen LogP contribution is 2.26. The number of carbonyl (C=O) groups is 1. The fourth-order valence-electron chi connectivity index (χ4n) is 2.92. The Morgan fingerprint density at radius 2 is 2.26 bits per heavy atom. The number of carboxylic acid groups (broad SMARTS) is 1. The Labute approximate surface area is 136 Å². The minimum absolute atomic E-state index is 0.0310. The second-order valence-corrected chi connectivity index (χ2v) is 6.28. The topological polar surface area (TPSA) is 77.1 Å². The third kappa shape index (κ3) is 2.88. The average Bonchev–Trinajstić information content (AvgIpc) is 2.78. The van der Waals surface area contributed by atoms with Crippen molar-refractivity contribution in [2.45, 2.75) is 32.4 Å². The highest BCUT2D eigenvalue weighted by Gasteiger charge is 2.33. The third-order valence-corrected chi connectivity index (χ3v) is 4.30. The van der Waals surface area contributed by atoms with Crippen molar-refractivity contribution >= 4 is 17.6 Å². The Morgan fingerprint density at radius 1 is 1.52 bits per heavy atom. The van der Waals surface area contributed by atoms with E-state index in [1.54, 1.807) is 0 Å². The Kier molecular flexibility index (Phi) is 3.97. The van der Waals surface area contributed by atoms with E-state index in [4.69, 9.17) is 11.6 Å². The van der Waals surface area contributed by atoms with E-state index in [-0.39, 0.29) is 17.5 Å². The van der Waals surface area contributed by atoms with Crippen LogP contribution in [0, 0.1) is 11.7 Å². The molecule has 0 spiro atoms. The maximum absolute atomic E-state index is 13.2. The zero-order valence-corrected chi connectivity index (χ0v) is 13.1. The minimum Gasteiger partial charge on any atom is -0.480 e. The van der Waals surface area contributed by atoms with E-state index in [0.29, 0.717) is 24.2 Å². The number of halogens is 2. The normalized spacial score (nSPS) is 20.3. The molecule has 1 aromatic heterocycles. The van der Waals surface area contributed by atoms with Crippen molar-refractivity contribution in [3.8, 4) is 0 Å². The first-order valence-corrected chi connectivity index (χ1v) is 7.59. The second-order valence-electron chi connectivity index (χ2n) is 5.87. The molecule has 6 nitrogen and oxygen atoms in total. The zero-order chi connectivity index (χ0) is 16.7. The molecule has 1 aliphatic rings. The molecule has 1 aromatic carbocycles. The predicted octanol–water partition coefficient (Wildman–Crippen LogP) is 2.09. The molecular weight excluding hydrogens is 325 g/mol. The van der Waals surface area contributed by atoms with Crippen molar-refractivity contribution in [1.82, 2.24) is 14.3 Å². The van der Waals surface area contributed by atoms with E-state index < -0.39 is 23.5 Å². The molecule has 0 aliphatic carbocycles. The maximum Gasteiger partial charge on any atom is 0.347 e. The van der Waals surface area contributed by atoms with Crippen molar-refractivity contribution in [1.29, 1.82) is 0 Å². The number of aliphatic carboxylic acids is 1. The molecule has 2 unspecified atom stereocenters. The fourth-order valence-corrected chi connectivity index (χ4v) is 3.13. The van der Waals surface area contributed by atoms with Crippen molar-refractivity contribution in [3.05, 3.63) is 50.9 Å².